The van der Waals surface area contributed by atoms with Gasteiger partial charge in [-0.2, -0.15) is 0 Å². The van der Waals surface area contributed by atoms with Crippen molar-refractivity contribution in [2.75, 3.05) is 18.0 Å². The molecule has 1 aromatic carbocycles. The topological polar surface area (TPSA) is 29.3 Å². The van der Waals surface area contributed by atoms with Gasteiger partial charge in [-0.3, -0.25) is 0 Å². The first-order valence-corrected chi connectivity index (χ1v) is 6.80. The molecule has 2 rings (SSSR count). The highest BCUT2D eigenvalue weighted by molar-refractivity contribution is 9.10. The molecule has 2 N–H and O–H groups in total. The average Bonchev–Trinajstić information content (AvgIpc) is 3.07. The van der Waals surface area contributed by atoms with Gasteiger partial charge in [0.05, 0.1) is 0 Å². The van der Waals surface area contributed by atoms with Crippen LogP contribution in [0.4, 0.5) is 5.69 Å². The van der Waals surface area contributed by atoms with Crippen LogP contribution in [-0.2, 0) is 6.42 Å². The van der Waals surface area contributed by atoms with Crippen molar-refractivity contribution >= 4 is 21.6 Å². The molecule has 3 heteroatoms. The van der Waals surface area contributed by atoms with Gasteiger partial charge >= 0.3 is 0 Å². The third-order valence-corrected chi connectivity index (χ3v) is 3.59. The molecule has 0 atom stereocenters. The van der Waals surface area contributed by atoms with Crippen LogP contribution in [0.3, 0.4) is 0 Å². The van der Waals surface area contributed by atoms with Crippen LogP contribution in [0, 0.1) is 0 Å². The van der Waals surface area contributed by atoms with Gasteiger partial charge in [0.2, 0.25) is 0 Å². The zero-order valence-corrected chi connectivity index (χ0v) is 11.3. The number of hydrogen-bond acceptors (Lipinski definition) is 2. The second-order valence-electron chi connectivity index (χ2n) is 4.33. The molecule has 1 saturated carbocycles. The lowest BCUT2D eigenvalue weighted by Crippen LogP contribution is -2.26. The first-order chi connectivity index (χ1) is 7.76. The van der Waals surface area contributed by atoms with Crippen LogP contribution in [0.25, 0.3) is 0 Å². The smallest absolute Gasteiger partial charge is 0.0402 e. The number of nitrogens with two attached hydrogens (primary N) is 1. The van der Waals surface area contributed by atoms with Crippen LogP contribution in [0.2, 0.25) is 0 Å². The van der Waals surface area contributed by atoms with Crippen LogP contribution < -0.4 is 10.6 Å². The molecule has 0 heterocycles. The van der Waals surface area contributed by atoms with Crippen LogP contribution >= 0.6 is 15.9 Å². The highest BCUT2D eigenvalue weighted by atomic mass is 79.9. The van der Waals surface area contributed by atoms with Crippen molar-refractivity contribution in [2.24, 2.45) is 5.73 Å². The van der Waals surface area contributed by atoms with Gasteiger partial charge in [-0.25, -0.2) is 0 Å². The van der Waals surface area contributed by atoms with Gasteiger partial charge in [0.15, 0.2) is 0 Å². The molecular formula is C13H19BrN2. The standard InChI is InChI=1S/C13H19BrN2/c1-2-16(12-4-5-12)13-6-3-11(14)9-10(13)7-8-15/h3,6,9,12H,2,4-5,7-8,15H2,1H3. The van der Waals surface area contributed by atoms with E-state index in [1.54, 1.807) is 0 Å². The van der Waals surface area contributed by atoms with E-state index < -0.39 is 0 Å². The Balaban J connectivity index is 2.29. The minimum Gasteiger partial charge on any atom is -0.369 e. The van der Waals surface area contributed by atoms with E-state index in [0.717, 1.165) is 23.5 Å². The van der Waals surface area contributed by atoms with Crippen molar-refractivity contribution in [3.05, 3.63) is 28.2 Å². The van der Waals surface area contributed by atoms with Crippen molar-refractivity contribution in [3.63, 3.8) is 0 Å². The number of nitrogens with zero attached hydrogens (tertiary/aromatic N) is 1. The summed E-state index contributed by atoms with van der Waals surface area (Å²) in [6.07, 6.45) is 3.63. The fourth-order valence-corrected chi connectivity index (χ4v) is 2.61. The van der Waals surface area contributed by atoms with Gasteiger partial charge in [0, 0.05) is 22.7 Å². The van der Waals surface area contributed by atoms with Gasteiger partial charge in [0.25, 0.3) is 0 Å². The predicted octanol–water partition coefficient (Wildman–Crippen LogP) is 2.94. The summed E-state index contributed by atoms with van der Waals surface area (Å²) in [6, 6.07) is 7.31. The predicted molar refractivity (Wildman–Crippen MR) is 72.9 cm³/mol. The van der Waals surface area contributed by atoms with Crippen LogP contribution in [-0.4, -0.2) is 19.1 Å². The number of anilines is 1. The molecule has 1 aromatic rings. The van der Waals surface area contributed by atoms with Crippen molar-refractivity contribution in [1.29, 1.82) is 0 Å². The SMILES string of the molecule is CCN(c1ccc(Br)cc1CCN)C1CC1. The van der Waals surface area contributed by atoms with Gasteiger partial charge in [-0.15, -0.1) is 0 Å². The summed E-state index contributed by atoms with van der Waals surface area (Å²) in [4.78, 5) is 2.51. The van der Waals surface area contributed by atoms with Gasteiger partial charge < -0.3 is 10.6 Å². The number of halogens is 1. The average molecular weight is 283 g/mol. The molecule has 0 unspecified atom stereocenters. The minimum absolute atomic E-state index is 0.714. The Kier molecular flexibility index (Phi) is 3.87. The number of rotatable bonds is 5. The third-order valence-electron chi connectivity index (χ3n) is 3.09. The number of hydrogen-bond donors (Lipinski definition) is 1. The quantitative estimate of drug-likeness (QED) is 0.900. The molecule has 16 heavy (non-hydrogen) atoms. The first kappa shape index (κ1) is 11.9. The summed E-state index contributed by atoms with van der Waals surface area (Å²) in [5, 5.41) is 0. The monoisotopic (exact) mass is 282 g/mol. The van der Waals surface area contributed by atoms with E-state index in [2.05, 4.69) is 46.0 Å². The van der Waals surface area contributed by atoms with Crippen molar-refractivity contribution < 1.29 is 0 Å². The maximum Gasteiger partial charge on any atom is 0.0402 e. The second kappa shape index (κ2) is 5.19. The van der Waals surface area contributed by atoms with E-state index in [0.29, 0.717) is 6.54 Å². The second-order valence-corrected chi connectivity index (χ2v) is 5.24. The molecule has 0 bridgehead atoms. The van der Waals surface area contributed by atoms with Crippen LogP contribution in [0.1, 0.15) is 25.3 Å². The van der Waals surface area contributed by atoms with E-state index >= 15 is 0 Å². The Morgan fingerprint density at radius 3 is 2.75 bits per heavy atom. The maximum atomic E-state index is 5.68. The molecule has 0 amide bonds. The summed E-state index contributed by atoms with van der Waals surface area (Å²) in [5.41, 5.74) is 8.42. The van der Waals surface area contributed by atoms with E-state index in [9.17, 15) is 0 Å². The molecule has 1 aliphatic carbocycles. The zero-order valence-electron chi connectivity index (χ0n) is 9.75. The molecule has 0 aliphatic heterocycles. The normalized spacial score (nSPS) is 15.2. The molecule has 0 spiro atoms. The largest absolute Gasteiger partial charge is 0.369 e. The summed E-state index contributed by atoms with van der Waals surface area (Å²) in [5.74, 6) is 0. The van der Waals surface area contributed by atoms with Gasteiger partial charge in [-0.1, -0.05) is 15.9 Å². The van der Waals surface area contributed by atoms with E-state index in [1.807, 2.05) is 0 Å². The van der Waals surface area contributed by atoms with Crippen LogP contribution in [0.5, 0.6) is 0 Å². The minimum atomic E-state index is 0.714. The Bertz CT molecular complexity index is 361. The molecule has 0 saturated heterocycles. The Hall–Kier alpha value is -0.540. The molecule has 1 aliphatic rings. The lowest BCUT2D eigenvalue weighted by Gasteiger charge is -2.25. The fraction of sp³-hybridized carbons (Fsp3) is 0.538. The Morgan fingerprint density at radius 1 is 1.44 bits per heavy atom. The lowest BCUT2D eigenvalue weighted by atomic mass is 10.1. The van der Waals surface area contributed by atoms with E-state index in [-0.39, 0.29) is 0 Å². The molecule has 2 nitrogen and oxygen atoms in total. The van der Waals surface area contributed by atoms with Crippen LogP contribution in [0.15, 0.2) is 22.7 Å². The highest BCUT2D eigenvalue weighted by Gasteiger charge is 2.29. The molecule has 0 radical (unpaired) electrons. The van der Waals surface area contributed by atoms with E-state index in [1.165, 1.54) is 24.1 Å². The van der Waals surface area contributed by atoms with Gasteiger partial charge in [-0.05, 0) is 56.5 Å². The first-order valence-electron chi connectivity index (χ1n) is 6.01. The number of benzene rings is 1. The zero-order chi connectivity index (χ0) is 11.5. The summed E-state index contributed by atoms with van der Waals surface area (Å²) in [7, 11) is 0. The highest BCUT2D eigenvalue weighted by Crippen LogP contribution is 2.34. The van der Waals surface area contributed by atoms with Crippen molar-refractivity contribution in [3.8, 4) is 0 Å². The lowest BCUT2D eigenvalue weighted by molar-refractivity contribution is 0.813. The summed E-state index contributed by atoms with van der Waals surface area (Å²) >= 11 is 3.53. The fourth-order valence-electron chi connectivity index (χ4n) is 2.20. The van der Waals surface area contributed by atoms with E-state index in [4.69, 9.17) is 5.73 Å². The summed E-state index contributed by atoms with van der Waals surface area (Å²) in [6.45, 7) is 4.03. The maximum absolute atomic E-state index is 5.68. The molecule has 0 aromatic heterocycles. The van der Waals surface area contributed by atoms with Crippen molar-refractivity contribution in [1.82, 2.24) is 0 Å². The molecule has 1 fully saturated rings. The Morgan fingerprint density at radius 2 is 2.19 bits per heavy atom. The summed E-state index contributed by atoms with van der Waals surface area (Å²) < 4.78 is 1.14. The third kappa shape index (κ3) is 2.58. The Labute approximate surface area is 106 Å². The molecule has 88 valence electrons. The van der Waals surface area contributed by atoms with Crippen molar-refractivity contribution in [2.45, 2.75) is 32.2 Å². The molecular weight excluding hydrogens is 264 g/mol. The van der Waals surface area contributed by atoms with Gasteiger partial charge in [0.1, 0.15) is 0 Å².